The molecule has 1 aliphatic heterocycles. The highest BCUT2D eigenvalue weighted by Crippen LogP contribution is 2.31. The molecule has 1 unspecified atom stereocenters. The zero-order valence-electron chi connectivity index (χ0n) is 15.3. The zero-order chi connectivity index (χ0) is 19.4. The van der Waals surface area contributed by atoms with Crippen LogP contribution < -0.4 is 16.0 Å². The number of rotatable bonds is 6. The largest absolute Gasteiger partial charge is 0.465 e. The number of benzene rings is 1. The van der Waals surface area contributed by atoms with Crippen molar-refractivity contribution < 1.29 is 19.1 Å². The van der Waals surface area contributed by atoms with Gasteiger partial charge in [-0.05, 0) is 35.9 Å². The third-order valence-corrected chi connectivity index (χ3v) is 5.45. The molecule has 150 valence electrons. The van der Waals surface area contributed by atoms with E-state index in [2.05, 4.69) is 5.32 Å². The average molecular weight is 424 g/mol. The van der Waals surface area contributed by atoms with Gasteiger partial charge in [0.15, 0.2) is 0 Å². The molecule has 1 aromatic heterocycles. The lowest BCUT2D eigenvalue weighted by Crippen LogP contribution is -2.41. The van der Waals surface area contributed by atoms with Gasteiger partial charge in [-0.15, -0.1) is 23.7 Å². The molecule has 0 radical (unpaired) electrons. The summed E-state index contributed by atoms with van der Waals surface area (Å²) in [5, 5.41) is 5.09. The van der Waals surface area contributed by atoms with E-state index in [4.69, 9.17) is 10.5 Å². The maximum absolute atomic E-state index is 12.7. The van der Waals surface area contributed by atoms with E-state index in [-0.39, 0.29) is 30.6 Å². The summed E-state index contributed by atoms with van der Waals surface area (Å²) in [7, 11) is 1.30. The summed E-state index contributed by atoms with van der Waals surface area (Å²) >= 11 is 1.30. The Kier molecular flexibility index (Phi) is 7.42. The number of esters is 1. The number of hydrogen-bond donors (Lipinski definition) is 2. The van der Waals surface area contributed by atoms with Crippen LogP contribution in [0.15, 0.2) is 35.7 Å². The number of aryl methyl sites for hydroxylation is 1. The van der Waals surface area contributed by atoms with Crippen LogP contribution in [0.4, 0.5) is 10.7 Å². The first kappa shape index (κ1) is 21.7. The van der Waals surface area contributed by atoms with Gasteiger partial charge in [0.25, 0.3) is 0 Å². The summed E-state index contributed by atoms with van der Waals surface area (Å²) in [5.74, 6) is -0.889. The zero-order valence-corrected chi connectivity index (χ0v) is 17.0. The number of methoxy groups -OCH3 is 1. The monoisotopic (exact) mass is 423 g/mol. The van der Waals surface area contributed by atoms with E-state index in [1.54, 1.807) is 17.5 Å². The predicted octanol–water partition coefficient (Wildman–Crippen LogP) is 2.39. The number of nitrogens with two attached hydrogens (primary N) is 1. The number of carbonyl (C=O) groups is 3. The van der Waals surface area contributed by atoms with Gasteiger partial charge in [-0.1, -0.05) is 18.2 Å². The molecule has 2 aromatic rings. The Morgan fingerprint density at radius 2 is 2.07 bits per heavy atom. The standard InChI is InChI=1S/C19H21N3O4S.ClH/c1-26-19(25)13-9-11-27-18(13)22-10-8-15(17(22)24)21-16(23)7-6-12-4-2-3-5-14(12)20;/h2-5,9,11,15H,6-8,10,20H2,1H3,(H,21,23);1H. The summed E-state index contributed by atoms with van der Waals surface area (Å²) in [6.45, 7) is 0.444. The van der Waals surface area contributed by atoms with E-state index in [1.165, 1.54) is 23.3 Å². The molecule has 28 heavy (non-hydrogen) atoms. The lowest BCUT2D eigenvalue weighted by molar-refractivity contribution is -0.126. The van der Waals surface area contributed by atoms with Crippen LogP contribution in [0, 0.1) is 0 Å². The summed E-state index contributed by atoms with van der Waals surface area (Å²) in [5.41, 5.74) is 7.81. The Morgan fingerprint density at radius 3 is 2.79 bits per heavy atom. The molecule has 1 aliphatic rings. The third kappa shape index (κ3) is 4.63. The van der Waals surface area contributed by atoms with Crippen LogP contribution in [0.3, 0.4) is 0 Å². The minimum atomic E-state index is -0.585. The molecule has 3 N–H and O–H groups in total. The number of ether oxygens (including phenoxy) is 1. The van der Waals surface area contributed by atoms with Crippen molar-refractivity contribution in [3.63, 3.8) is 0 Å². The first-order valence-corrected chi connectivity index (χ1v) is 9.49. The van der Waals surface area contributed by atoms with Gasteiger partial charge >= 0.3 is 5.97 Å². The van der Waals surface area contributed by atoms with Crippen LogP contribution in [0.2, 0.25) is 0 Å². The highest BCUT2D eigenvalue weighted by Gasteiger charge is 2.36. The second kappa shape index (κ2) is 9.57. The number of para-hydroxylation sites is 1. The van der Waals surface area contributed by atoms with Gasteiger partial charge in [0.05, 0.1) is 12.7 Å². The highest BCUT2D eigenvalue weighted by molar-refractivity contribution is 7.14. The smallest absolute Gasteiger partial charge is 0.340 e. The van der Waals surface area contributed by atoms with Gasteiger partial charge in [-0.25, -0.2) is 4.79 Å². The van der Waals surface area contributed by atoms with Crippen LogP contribution in [0.5, 0.6) is 0 Å². The number of nitrogen functional groups attached to an aromatic ring is 1. The Balaban J connectivity index is 0.00000280. The van der Waals surface area contributed by atoms with Crippen molar-refractivity contribution in [2.45, 2.75) is 25.3 Å². The fraction of sp³-hybridized carbons (Fsp3) is 0.316. The van der Waals surface area contributed by atoms with E-state index < -0.39 is 12.0 Å². The molecule has 3 rings (SSSR count). The first-order valence-electron chi connectivity index (χ1n) is 8.61. The fourth-order valence-corrected chi connectivity index (χ4v) is 3.99. The number of thiophene rings is 1. The second-order valence-electron chi connectivity index (χ2n) is 6.23. The number of hydrogen-bond acceptors (Lipinski definition) is 6. The topological polar surface area (TPSA) is 102 Å². The third-order valence-electron chi connectivity index (χ3n) is 4.51. The molecule has 2 amide bonds. The predicted molar refractivity (Wildman–Crippen MR) is 111 cm³/mol. The average Bonchev–Trinajstić information content (AvgIpc) is 3.27. The van der Waals surface area contributed by atoms with Crippen molar-refractivity contribution in [2.24, 2.45) is 0 Å². The molecule has 7 nitrogen and oxygen atoms in total. The minimum absolute atomic E-state index is 0. The van der Waals surface area contributed by atoms with Crippen molar-refractivity contribution in [3.05, 3.63) is 46.8 Å². The Bertz CT molecular complexity index is 870. The maximum atomic E-state index is 12.7. The van der Waals surface area contributed by atoms with Crippen LogP contribution >= 0.6 is 23.7 Å². The molecule has 0 spiro atoms. The van der Waals surface area contributed by atoms with Gasteiger partial charge in [0.2, 0.25) is 11.8 Å². The number of nitrogens with zero attached hydrogens (tertiary/aromatic N) is 1. The van der Waals surface area contributed by atoms with Crippen LogP contribution in [-0.2, 0) is 20.7 Å². The molecule has 0 aliphatic carbocycles. The maximum Gasteiger partial charge on any atom is 0.340 e. The summed E-state index contributed by atoms with van der Waals surface area (Å²) in [6.07, 6.45) is 1.27. The summed E-state index contributed by atoms with van der Waals surface area (Å²) in [6, 6.07) is 8.45. The van der Waals surface area contributed by atoms with Crippen molar-refractivity contribution in [2.75, 3.05) is 24.3 Å². The molecule has 0 bridgehead atoms. The number of halogens is 1. The van der Waals surface area contributed by atoms with Crippen molar-refractivity contribution >= 4 is 52.2 Å². The molecule has 1 atom stereocenters. The van der Waals surface area contributed by atoms with Gasteiger partial charge in [-0.3, -0.25) is 9.59 Å². The van der Waals surface area contributed by atoms with Gasteiger partial charge < -0.3 is 20.7 Å². The second-order valence-corrected chi connectivity index (χ2v) is 7.12. The number of nitrogens with one attached hydrogen (secondary N) is 1. The SMILES string of the molecule is COC(=O)c1ccsc1N1CCC(NC(=O)CCc2ccccc2N)C1=O.Cl. The van der Waals surface area contributed by atoms with E-state index in [1.807, 2.05) is 18.2 Å². The lowest BCUT2D eigenvalue weighted by atomic mass is 10.1. The van der Waals surface area contributed by atoms with Crippen molar-refractivity contribution in [3.8, 4) is 0 Å². The molecule has 9 heteroatoms. The quantitative estimate of drug-likeness (QED) is 0.548. The van der Waals surface area contributed by atoms with Gasteiger partial charge in [-0.2, -0.15) is 0 Å². The molecular weight excluding hydrogens is 402 g/mol. The molecule has 2 heterocycles. The Labute approximate surface area is 173 Å². The van der Waals surface area contributed by atoms with E-state index in [0.29, 0.717) is 35.6 Å². The normalized spacial score (nSPS) is 15.8. The molecular formula is C19H22ClN3O4S. The fourth-order valence-electron chi connectivity index (χ4n) is 3.07. The molecule has 1 aromatic carbocycles. The summed E-state index contributed by atoms with van der Waals surface area (Å²) in [4.78, 5) is 38.3. The highest BCUT2D eigenvalue weighted by atomic mass is 35.5. The van der Waals surface area contributed by atoms with E-state index in [0.717, 1.165) is 5.56 Å². The van der Waals surface area contributed by atoms with E-state index >= 15 is 0 Å². The number of carbonyl (C=O) groups excluding carboxylic acids is 3. The van der Waals surface area contributed by atoms with Crippen molar-refractivity contribution in [1.29, 1.82) is 0 Å². The Hall–Kier alpha value is -2.58. The minimum Gasteiger partial charge on any atom is -0.465 e. The van der Waals surface area contributed by atoms with Gasteiger partial charge in [0, 0.05) is 18.7 Å². The Morgan fingerprint density at radius 1 is 1.32 bits per heavy atom. The number of amides is 2. The lowest BCUT2D eigenvalue weighted by Gasteiger charge is -2.17. The van der Waals surface area contributed by atoms with Gasteiger partial charge in [0.1, 0.15) is 11.0 Å². The van der Waals surface area contributed by atoms with Crippen LogP contribution in [-0.4, -0.2) is 37.5 Å². The summed E-state index contributed by atoms with van der Waals surface area (Å²) < 4.78 is 4.75. The van der Waals surface area contributed by atoms with Crippen LogP contribution in [0.1, 0.15) is 28.8 Å². The first-order chi connectivity index (χ1) is 13.0. The van der Waals surface area contributed by atoms with Crippen molar-refractivity contribution in [1.82, 2.24) is 5.32 Å². The molecule has 1 fully saturated rings. The molecule has 0 saturated carbocycles. The number of anilines is 2. The molecule has 1 saturated heterocycles. The van der Waals surface area contributed by atoms with E-state index in [9.17, 15) is 14.4 Å². The van der Waals surface area contributed by atoms with Crippen LogP contribution in [0.25, 0.3) is 0 Å².